The van der Waals surface area contributed by atoms with Crippen molar-refractivity contribution in [3.05, 3.63) is 35.4 Å². The van der Waals surface area contributed by atoms with Gasteiger partial charge in [0.15, 0.2) is 0 Å². The summed E-state index contributed by atoms with van der Waals surface area (Å²) in [7, 11) is 0. The van der Waals surface area contributed by atoms with E-state index >= 15 is 0 Å². The lowest BCUT2D eigenvalue weighted by Crippen LogP contribution is -2.37. The van der Waals surface area contributed by atoms with Crippen molar-refractivity contribution in [3.8, 4) is 0 Å². The molecule has 98 valence electrons. The maximum atomic E-state index is 11.1. The Bertz CT molecular complexity index is 440. The quantitative estimate of drug-likeness (QED) is 0.857. The van der Waals surface area contributed by atoms with Crippen LogP contribution < -0.4 is 11.1 Å². The summed E-state index contributed by atoms with van der Waals surface area (Å²) in [6.45, 7) is 5.43. The molecule has 3 heteroatoms. The molecule has 1 fully saturated rings. The van der Waals surface area contributed by atoms with Crippen molar-refractivity contribution < 1.29 is 4.79 Å². The van der Waals surface area contributed by atoms with Gasteiger partial charge >= 0.3 is 0 Å². The molecule has 2 rings (SSSR count). The van der Waals surface area contributed by atoms with Crippen LogP contribution in [0.1, 0.15) is 49.0 Å². The van der Waals surface area contributed by atoms with Crippen molar-refractivity contribution in [1.29, 1.82) is 0 Å². The molecule has 1 saturated carbocycles. The molecule has 1 aliphatic rings. The molecule has 0 heterocycles. The Kier molecular flexibility index (Phi) is 3.71. The molecule has 0 aliphatic heterocycles. The largest absolute Gasteiger partial charge is 0.366 e. The second kappa shape index (κ2) is 5.11. The lowest BCUT2D eigenvalue weighted by molar-refractivity contribution is 0.1000. The molecule has 1 aromatic rings. The Balaban J connectivity index is 1.98. The van der Waals surface area contributed by atoms with E-state index < -0.39 is 0 Å². The van der Waals surface area contributed by atoms with Crippen molar-refractivity contribution in [2.24, 2.45) is 11.1 Å². The highest BCUT2D eigenvalue weighted by Crippen LogP contribution is 2.37. The van der Waals surface area contributed by atoms with Gasteiger partial charge in [-0.2, -0.15) is 0 Å². The smallest absolute Gasteiger partial charge is 0.248 e. The number of hydrogen-bond donors (Lipinski definition) is 2. The van der Waals surface area contributed by atoms with Crippen molar-refractivity contribution in [2.45, 2.75) is 45.7 Å². The van der Waals surface area contributed by atoms with E-state index in [1.165, 1.54) is 19.3 Å². The number of nitrogens with one attached hydrogen (secondary N) is 1. The Morgan fingerprint density at radius 1 is 1.50 bits per heavy atom. The molecular formula is C15H22N2O. The predicted octanol–water partition coefficient (Wildman–Crippen LogP) is 2.45. The highest BCUT2D eigenvalue weighted by molar-refractivity contribution is 5.92. The van der Waals surface area contributed by atoms with E-state index in [2.05, 4.69) is 19.2 Å². The van der Waals surface area contributed by atoms with E-state index in [0.717, 1.165) is 12.1 Å². The van der Waals surface area contributed by atoms with Gasteiger partial charge in [0.2, 0.25) is 5.91 Å². The first kappa shape index (κ1) is 13.1. The maximum absolute atomic E-state index is 11.1. The zero-order valence-electron chi connectivity index (χ0n) is 11.2. The van der Waals surface area contributed by atoms with Crippen molar-refractivity contribution >= 4 is 5.91 Å². The van der Waals surface area contributed by atoms with Crippen molar-refractivity contribution in [1.82, 2.24) is 5.32 Å². The highest BCUT2D eigenvalue weighted by Gasteiger charge is 2.33. The van der Waals surface area contributed by atoms with Crippen LogP contribution in [-0.2, 0) is 6.54 Å². The summed E-state index contributed by atoms with van der Waals surface area (Å²) < 4.78 is 0. The van der Waals surface area contributed by atoms with E-state index in [-0.39, 0.29) is 5.91 Å². The fourth-order valence-corrected chi connectivity index (χ4v) is 2.78. The van der Waals surface area contributed by atoms with E-state index in [0.29, 0.717) is 17.0 Å². The minimum absolute atomic E-state index is 0.363. The van der Waals surface area contributed by atoms with Crippen molar-refractivity contribution in [2.75, 3.05) is 0 Å². The fourth-order valence-electron chi connectivity index (χ4n) is 2.78. The minimum Gasteiger partial charge on any atom is -0.366 e. The Morgan fingerprint density at radius 2 is 2.28 bits per heavy atom. The topological polar surface area (TPSA) is 55.1 Å². The van der Waals surface area contributed by atoms with Crippen LogP contribution in [0.4, 0.5) is 0 Å². The molecule has 0 aromatic heterocycles. The third kappa shape index (κ3) is 2.91. The summed E-state index contributed by atoms with van der Waals surface area (Å²) in [4.78, 5) is 11.1. The zero-order valence-corrected chi connectivity index (χ0v) is 11.2. The van der Waals surface area contributed by atoms with Crippen LogP contribution in [-0.4, -0.2) is 11.9 Å². The zero-order chi connectivity index (χ0) is 13.2. The number of primary amides is 1. The van der Waals surface area contributed by atoms with Gasteiger partial charge in [-0.1, -0.05) is 32.4 Å². The van der Waals surface area contributed by atoms with Crippen LogP contribution in [0.25, 0.3) is 0 Å². The average molecular weight is 246 g/mol. The van der Waals surface area contributed by atoms with E-state index in [9.17, 15) is 4.79 Å². The molecule has 1 atom stereocenters. The highest BCUT2D eigenvalue weighted by atomic mass is 16.1. The number of amides is 1. The predicted molar refractivity (Wildman–Crippen MR) is 73.2 cm³/mol. The minimum atomic E-state index is -0.363. The Labute approximate surface area is 109 Å². The second-order valence-electron chi connectivity index (χ2n) is 5.88. The molecule has 0 saturated heterocycles. The average Bonchev–Trinajstić information content (AvgIpc) is 2.66. The molecule has 0 spiro atoms. The molecule has 1 aliphatic carbocycles. The Hall–Kier alpha value is -1.35. The number of rotatable bonds is 4. The summed E-state index contributed by atoms with van der Waals surface area (Å²) in [5.74, 6) is -0.363. The lowest BCUT2D eigenvalue weighted by atomic mass is 9.87. The number of carbonyl (C=O) groups excluding carboxylic acids is 1. The van der Waals surface area contributed by atoms with Gasteiger partial charge < -0.3 is 11.1 Å². The summed E-state index contributed by atoms with van der Waals surface area (Å²) in [6, 6.07) is 8.11. The maximum Gasteiger partial charge on any atom is 0.248 e. The van der Waals surface area contributed by atoms with Crippen molar-refractivity contribution in [3.63, 3.8) is 0 Å². The van der Waals surface area contributed by atoms with Gasteiger partial charge in [0.25, 0.3) is 0 Å². The van der Waals surface area contributed by atoms with Gasteiger partial charge in [-0.15, -0.1) is 0 Å². The van der Waals surface area contributed by atoms with Crippen LogP contribution >= 0.6 is 0 Å². The molecule has 1 aromatic carbocycles. The lowest BCUT2D eigenvalue weighted by Gasteiger charge is -2.28. The van der Waals surface area contributed by atoms with Gasteiger partial charge in [0.1, 0.15) is 0 Å². The van der Waals surface area contributed by atoms with E-state index in [1.807, 2.05) is 18.2 Å². The second-order valence-corrected chi connectivity index (χ2v) is 5.88. The van der Waals surface area contributed by atoms with Gasteiger partial charge in [-0.05, 0) is 36.0 Å². The number of carbonyl (C=O) groups is 1. The van der Waals surface area contributed by atoms with Gasteiger partial charge in [0.05, 0.1) is 0 Å². The Morgan fingerprint density at radius 3 is 2.89 bits per heavy atom. The summed E-state index contributed by atoms with van der Waals surface area (Å²) in [6.07, 6.45) is 3.82. The van der Waals surface area contributed by atoms with Gasteiger partial charge in [0, 0.05) is 18.2 Å². The molecule has 0 radical (unpaired) electrons. The first-order chi connectivity index (χ1) is 8.49. The van der Waals surface area contributed by atoms with E-state index in [1.54, 1.807) is 6.07 Å². The van der Waals surface area contributed by atoms with Gasteiger partial charge in [-0.25, -0.2) is 0 Å². The first-order valence-electron chi connectivity index (χ1n) is 6.61. The van der Waals surface area contributed by atoms with Crippen LogP contribution in [0.5, 0.6) is 0 Å². The third-order valence-corrected chi connectivity index (χ3v) is 4.02. The molecule has 1 amide bonds. The molecule has 0 bridgehead atoms. The molecule has 18 heavy (non-hydrogen) atoms. The molecule has 1 unspecified atom stereocenters. The number of nitrogens with two attached hydrogens (primary N) is 1. The SMILES string of the molecule is CC1(C)CCCC1NCc1cccc(C(N)=O)c1. The van der Waals surface area contributed by atoms with E-state index in [4.69, 9.17) is 5.73 Å². The van der Waals surface area contributed by atoms with Crippen LogP contribution in [0.2, 0.25) is 0 Å². The summed E-state index contributed by atoms with van der Waals surface area (Å²) in [5, 5.41) is 3.60. The molecular weight excluding hydrogens is 224 g/mol. The number of hydrogen-bond acceptors (Lipinski definition) is 2. The van der Waals surface area contributed by atoms with Crippen LogP contribution in [0.15, 0.2) is 24.3 Å². The molecule has 3 nitrogen and oxygen atoms in total. The molecule has 3 N–H and O–H groups in total. The fraction of sp³-hybridized carbons (Fsp3) is 0.533. The number of benzene rings is 1. The van der Waals surface area contributed by atoms with Crippen LogP contribution in [0, 0.1) is 5.41 Å². The van der Waals surface area contributed by atoms with Gasteiger partial charge in [-0.3, -0.25) is 4.79 Å². The third-order valence-electron chi connectivity index (χ3n) is 4.02. The summed E-state index contributed by atoms with van der Waals surface area (Å²) >= 11 is 0. The standard InChI is InChI=1S/C15H22N2O/c1-15(2)8-4-7-13(15)17-10-11-5-3-6-12(9-11)14(16)18/h3,5-6,9,13,17H,4,7-8,10H2,1-2H3,(H2,16,18). The normalized spacial score (nSPS) is 22.0. The monoisotopic (exact) mass is 246 g/mol. The first-order valence-corrected chi connectivity index (χ1v) is 6.61. The van der Waals surface area contributed by atoms with Crippen LogP contribution in [0.3, 0.4) is 0 Å². The summed E-state index contributed by atoms with van der Waals surface area (Å²) in [5.41, 5.74) is 7.36.